The zero-order chi connectivity index (χ0) is 13.5. The molecule has 0 aliphatic rings. The fourth-order valence-corrected chi connectivity index (χ4v) is 2.38. The van der Waals surface area contributed by atoms with Gasteiger partial charge in [0, 0.05) is 16.5 Å². The smallest absolute Gasteiger partial charge is 0.145 e. The van der Waals surface area contributed by atoms with Crippen LogP contribution in [0.3, 0.4) is 0 Å². The van der Waals surface area contributed by atoms with Gasteiger partial charge < -0.3 is 4.74 Å². The van der Waals surface area contributed by atoms with Crippen molar-refractivity contribution in [2.24, 2.45) is 0 Å². The van der Waals surface area contributed by atoms with Gasteiger partial charge in [0.15, 0.2) is 0 Å². The molecule has 1 heterocycles. The highest BCUT2D eigenvalue weighted by Gasteiger charge is 2.20. The van der Waals surface area contributed by atoms with Gasteiger partial charge in [-0.2, -0.15) is 0 Å². The normalized spacial score (nSPS) is 11.9. The number of pyridine rings is 1. The van der Waals surface area contributed by atoms with Gasteiger partial charge >= 0.3 is 0 Å². The minimum absolute atomic E-state index is 0.0782. The lowest BCUT2D eigenvalue weighted by Gasteiger charge is -2.19. The Morgan fingerprint density at radius 1 is 1.11 bits per heavy atom. The van der Waals surface area contributed by atoms with Crippen LogP contribution < -0.4 is 4.74 Å². The van der Waals surface area contributed by atoms with Gasteiger partial charge in [0.1, 0.15) is 11.3 Å². The lowest BCUT2D eigenvalue weighted by molar-refractivity contribution is 0.418. The summed E-state index contributed by atoms with van der Waals surface area (Å²) in [7, 11) is 1.61. The average Bonchev–Trinajstić information content (AvgIpc) is 2.27. The van der Waals surface area contributed by atoms with E-state index in [0.717, 1.165) is 11.1 Å². The summed E-state index contributed by atoms with van der Waals surface area (Å²) >= 11 is 12.5. The van der Waals surface area contributed by atoms with Crippen LogP contribution in [0.1, 0.15) is 26.5 Å². The van der Waals surface area contributed by atoms with E-state index < -0.39 is 0 Å². The fourth-order valence-electron chi connectivity index (χ4n) is 1.78. The summed E-state index contributed by atoms with van der Waals surface area (Å²) < 4.78 is 5.33. The van der Waals surface area contributed by atoms with E-state index in [2.05, 4.69) is 25.8 Å². The maximum Gasteiger partial charge on any atom is 0.145 e. The second-order valence-corrected chi connectivity index (χ2v) is 6.03. The Bertz CT molecular complexity index is 603. The van der Waals surface area contributed by atoms with Crippen molar-refractivity contribution in [2.45, 2.75) is 26.2 Å². The Labute approximate surface area is 117 Å². The number of hydrogen-bond donors (Lipinski definition) is 0. The summed E-state index contributed by atoms with van der Waals surface area (Å²) in [5.41, 5.74) is 1.55. The molecule has 0 fully saturated rings. The van der Waals surface area contributed by atoms with Crippen LogP contribution in [-0.4, -0.2) is 12.1 Å². The third-order valence-electron chi connectivity index (χ3n) is 2.81. The number of methoxy groups -OCH3 is 1. The molecular formula is C14H15Cl2NO. The summed E-state index contributed by atoms with van der Waals surface area (Å²) in [4.78, 5) is 4.65. The summed E-state index contributed by atoms with van der Waals surface area (Å²) in [5.74, 6) is 0.683. The highest BCUT2D eigenvalue weighted by atomic mass is 35.5. The molecule has 0 aliphatic carbocycles. The minimum atomic E-state index is -0.0782. The Morgan fingerprint density at radius 2 is 1.78 bits per heavy atom. The van der Waals surface area contributed by atoms with E-state index in [-0.39, 0.29) is 5.41 Å². The Kier molecular flexibility index (Phi) is 3.43. The van der Waals surface area contributed by atoms with E-state index in [1.54, 1.807) is 19.2 Å². The van der Waals surface area contributed by atoms with Gasteiger partial charge in [0.25, 0.3) is 0 Å². The van der Waals surface area contributed by atoms with Gasteiger partial charge in [-0.3, -0.25) is 0 Å². The van der Waals surface area contributed by atoms with Crippen LogP contribution in [0.5, 0.6) is 5.75 Å². The molecule has 0 bridgehead atoms. The molecular weight excluding hydrogens is 269 g/mol. The van der Waals surface area contributed by atoms with E-state index in [4.69, 9.17) is 27.9 Å². The Balaban J connectivity index is 2.86. The van der Waals surface area contributed by atoms with Gasteiger partial charge in [-0.15, -0.1) is 0 Å². The number of halogens is 2. The van der Waals surface area contributed by atoms with Crippen molar-refractivity contribution in [3.63, 3.8) is 0 Å². The predicted octanol–water partition coefficient (Wildman–Crippen LogP) is 4.85. The van der Waals surface area contributed by atoms with Crippen molar-refractivity contribution < 1.29 is 4.74 Å². The van der Waals surface area contributed by atoms with Crippen molar-refractivity contribution in [2.75, 3.05) is 7.11 Å². The molecule has 1 aromatic carbocycles. The lowest BCUT2D eigenvalue weighted by atomic mass is 9.91. The lowest BCUT2D eigenvalue weighted by Crippen LogP contribution is -2.13. The predicted molar refractivity (Wildman–Crippen MR) is 77.0 cm³/mol. The zero-order valence-corrected chi connectivity index (χ0v) is 12.4. The first kappa shape index (κ1) is 13.4. The molecule has 0 amide bonds. The summed E-state index contributed by atoms with van der Waals surface area (Å²) in [6, 6.07) is 5.45. The van der Waals surface area contributed by atoms with Crippen molar-refractivity contribution in [3.05, 3.63) is 33.9 Å². The van der Waals surface area contributed by atoms with Crippen LogP contribution in [0.15, 0.2) is 18.2 Å². The third kappa shape index (κ3) is 2.27. The van der Waals surface area contributed by atoms with Gasteiger partial charge in [0.05, 0.1) is 17.2 Å². The van der Waals surface area contributed by atoms with Crippen LogP contribution in [0.4, 0.5) is 0 Å². The van der Waals surface area contributed by atoms with Crippen molar-refractivity contribution in [3.8, 4) is 5.75 Å². The SMILES string of the molecule is COc1ccc(Cl)c2c(Cl)cc(C(C)(C)C)nc12. The van der Waals surface area contributed by atoms with Crippen LogP contribution in [0, 0.1) is 0 Å². The standard InChI is InChI=1S/C14H15Cl2NO/c1-14(2,3)11-7-9(16)12-8(15)5-6-10(18-4)13(12)17-11/h5-7H,1-4H3. The van der Waals surface area contributed by atoms with E-state index in [1.165, 1.54) is 0 Å². The molecule has 0 spiro atoms. The van der Waals surface area contributed by atoms with Crippen molar-refractivity contribution in [1.29, 1.82) is 0 Å². The monoisotopic (exact) mass is 283 g/mol. The van der Waals surface area contributed by atoms with Gasteiger partial charge in [-0.05, 0) is 18.2 Å². The number of fused-ring (bicyclic) bond motifs is 1. The number of ether oxygens (including phenoxy) is 1. The van der Waals surface area contributed by atoms with Crippen molar-refractivity contribution in [1.82, 2.24) is 4.98 Å². The molecule has 2 nitrogen and oxygen atoms in total. The first-order valence-electron chi connectivity index (χ1n) is 5.68. The number of rotatable bonds is 1. The highest BCUT2D eigenvalue weighted by molar-refractivity contribution is 6.42. The summed E-state index contributed by atoms with van der Waals surface area (Å²) in [6.07, 6.45) is 0. The first-order chi connectivity index (χ1) is 8.34. The molecule has 4 heteroatoms. The number of aromatic nitrogens is 1. The van der Waals surface area contributed by atoms with E-state index in [1.807, 2.05) is 6.07 Å². The topological polar surface area (TPSA) is 22.1 Å². The third-order valence-corrected chi connectivity index (χ3v) is 3.43. The van der Waals surface area contributed by atoms with Crippen LogP contribution >= 0.6 is 23.2 Å². The second kappa shape index (κ2) is 4.60. The Morgan fingerprint density at radius 3 is 2.33 bits per heavy atom. The number of benzene rings is 1. The Hall–Kier alpha value is -0.990. The molecule has 1 aromatic heterocycles. The molecule has 0 N–H and O–H groups in total. The maximum atomic E-state index is 6.32. The molecule has 96 valence electrons. The molecule has 0 radical (unpaired) electrons. The fraction of sp³-hybridized carbons (Fsp3) is 0.357. The van der Waals surface area contributed by atoms with Crippen LogP contribution in [0.2, 0.25) is 10.0 Å². The van der Waals surface area contributed by atoms with Gasteiger partial charge in [-0.25, -0.2) is 4.98 Å². The van der Waals surface area contributed by atoms with Crippen LogP contribution in [0.25, 0.3) is 10.9 Å². The van der Waals surface area contributed by atoms with E-state index >= 15 is 0 Å². The van der Waals surface area contributed by atoms with E-state index in [0.29, 0.717) is 21.3 Å². The second-order valence-electron chi connectivity index (χ2n) is 5.21. The molecule has 0 saturated carbocycles. The zero-order valence-electron chi connectivity index (χ0n) is 10.8. The van der Waals surface area contributed by atoms with Gasteiger partial charge in [-0.1, -0.05) is 44.0 Å². The molecule has 2 rings (SSSR count). The molecule has 18 heavy (non-hydrogen) atoms. The molecule has 0 atom stereocenters. The average molecular weight is 284 g/mol. The number of nitrogens with zero attached hydrogens (tertiary/aromatic N) is 1. The quantitative estimate of drug-likeness (QED) is 0.747. The molecule has 2 aromatic rings. The summed E-state index contributed by atoms with van der Waals surface area (Å²) in [6.45, 7) is 6.28. The number of hydrogen-bond acceptors (Lipinski definition) is 2. The summed E-state index contributed by atoms with van der Waals surface area (Å²) in [5, 5.41) is 1.93. The first-order valence-corrected chi connectivity index (χ1v) is 6.43. The van der Waals surface area contributed by atoms with Crippen LogP contribution in [-0.2, 0) is 5.41 Å². The molecule has 0 saturated heterocycles. The molecule has 0 aliphatic heterocycles. The maximum absolute atomic E-state index is 6.32. The van der Waals surface area contributed by atoms with E-state index in [9.17, 15) is 0 Å². The highest BCUT2D eigenvalue weighted by Crippen LogP contribution is 2.37. The minimum Gasteiger partial charge on any atom is -0.494 e. The largest absolute Gasteiger partial charge is 0.494 e. The molecule has 0 unspecified atom stereocenters. The van der Waals surface area contributed by atoms with Crippen molar-refractivity contribution >= 4 is 34.1 Å². The van der Waals surface area contributed by atoms with Gasteiger partial charge in [0.2, 0.25) is 0 Å².